The van der Waals surface area contributed by atoms with Gasteiger partial charge in [0.2, 0.25) is 5.91 Å². The maximum Gasteiger partial charge on any atom is 0.326 e. The number of benzene rings is 2. The molecule has 25 heavy (non-hydrogen) atoms. The standard InChI is InChI=1S/C17H19N3O4S/c1-19-15-9-8-14(10-16(15)20(2)25(19,22)23)18-17(21)12-24-11-13-6-4-3-5-7-13/h3-10H,11-12H2,1-2H3,(H,18,21). The van der Waals surface area contributed by atoms with Gasteiger partial charge in [0.15, 0.2) is 0 Å². The lowest BCUT2D eigenvalue weighted by atomic mass is 10.2. The average Bonchev–Trinajstić information content (AvgIpc) is 2.76. The first-order valence-electron chi connectivity index (χ1n) is 7.68. The zero-order chi connectivity index (χ0) is 18.0. The van der Waals surface area contributed by atoms with E-state index in [-0.39, 0.29) is 12.5 Å². The number of amides is 1. The third-order valence-corrected chi connectivity index (χ3v) is 5.75. The highest BCUT2D eigenvalue weighted by Crippen LogP contribution is 2.40. The van der Waals surface area contributed by atoms with Gasteiger partial charge in [-0.3, -0.25) is 13.4 Å². The molecule has 1 amide bonds. The van der Waals surface area contributed by atoms with Gasteiger partial charge in [0.1, 0.15) is 6.61 Å². The minimum absolute atomic E-state index is 0.0833. The Labute approximate surface area is 147 Å². The third-order valence-electron chi connectivity index (χ3n) is 3.97. The van der Waals surface area contributed by atoms with E-state index >= 15 is 0 Å². The van der Waals surface area contributed by atoms with E-state index in [1.165, 1.54) is 22.7 Å². The maximum atomic E-state index is 12.1. The van der Waals surface area contributed by atoms with Gasteiger partial charge in [0.05, 0.1) is 18.0 Å². The Morgan fingerprint density at radius 2 is 1.72 bits per heavy atom. The molecule has 1 aliphatic heterocycles. The Bertz CT molecular complexity index is 884. The van der Waals surface area contributed by atoms with Gasteiger partial charge >= 0.3 is 10.2 Å². The Balaban J connectivity index is 1.61. The zero-order valence-electron chi connectivity index (χ0n) is 14.0. The second-order valence-electron chi connectivity index (χ2n) is 5.67. The van der Waals surface area contributed by atoms with E-state index in [1.807, 2.05) is 30.3 Å². The highest BCUT2D eigenvalue weighted by molar-refractivity contribution is 7.94. The van der Waals surface area contributed by atoms with Crippen LogP contribution in [0, 0.1) is 0 Å². The van der Waals surface area contributed by atoms with E-state index < -0.39 is 10.2 Å². The van der Waals surface area contributed by atoms with E-state index in [4.69, 9.17) is 4.74 Å². The van der Waals surface area contributed by atoms with Crippen LogP contribution in [-0.4, -0.2) is 35.0 Å². The number of carbonyl (C=O) groups excluding carboxylic acids is 1. The van der Waals surface area contributed by atoms with Gasteiger partial charge in [-0.1, -0.05) is 30.3 Å². The molecule has 2 aromatic carbocycles. The molecular formula is C17H19N3O4S. The van der Waals surface area contributed by atoms with Crippen molar-refractivity contribution in [2.45, 2.75) is 6.61 Å². The molecule has 8 heteroatoms. The summed E-state index contributed by atoms with van der Waals surface area (Å²) in [6.45, 7) is 0.268. The topological polar surface area (TPSA) is 79.0 Å². The Kier molecular flexibility index (Phi) is 4.65. The van der Waals surface area contributed by atoms with Crippen molar-refractivity contribution >= 4 is 33.2 Å². The predicted octanol–water partition coefficient (Wildman–Crippen LogP) is 1.97. The number of nitrogens with one attached hydrogen (secondary N) is 1. The summed E-state index contributed by atoms with van der Waals surface area (Å²) < 4.78 is 32.0. The van der Waals surface area contributed by atoms with Crippen LogP contribution < -0.4 is 13.9 Å². The summed E-state index contributed by atoms with van der Waals surface area (Å²) in [4.78, 5) is 12.0. The van der Waals surface area contributed by atoms with Crippen LogP contribution in [0.5, 0.6) is 0 Å². The highest BCUT2D eigenvalue weighted by Gasteiger charge is 2.35. The molecule has 7 nitrogen and oxygen atoms in total. The second-order valence-corrected chi connectivity index (χ2v) is 7.66. The number of anilines is 3. The SMILES string of the molecule is CN1c2ccc(NC(=O)COCc3ccccc3)cc2N(C)S1(=O)=O. The molecule has 3 rings (SSSR count). The van der Waals surface area contributed by atoms with Gasteiger partial charge in [0.25, 0.3) is 0 Å². The third kappa shape index (κ3) is 3.45. The molecule has 0 unspecified atom stereocenters. The van der Waals surface area contributed by atoms with Crippen LogP contribution in [0.4, 0.5) is 17.1 Å². The smallest absolute Gasteiger partial charge is 0.326 e. The van der Waals surface area contributed by atoms with Crippen molar-refractivity contribution in [2.24, 2.45) is 0 Å². The lowest BCUT2D eigenvalue weighted by Gasteiger charge is -2.13. The van der Waals surface area contributed by atoms with Crippen LogP contribution in [0.25, 0.3) is 0 Å². The van der Waals surface area contributed by atoms with E-state index in [0.717, 1.165) is 5.56 Å². The monoisotopic (exact) mass is 361 g/mol. The molecule has 0 aliphatic carbocycles. The number of fused-ring (bicyclic) bond motifs is 1. The van der Waals surface area contributed by atoms with Crippen molar-refractivity contribution in [3.8, 4) is 0 Å². The van der Waals surface area contributed by atoms with Crippen LogP contribution in [0.15, 0.2) is 48.5 Å². The fraction of sp³-hybridized carbons (Fsp3) is 0.235. The molecule has 0 saturated heterocycles. The van der Waals surface area contributed by atoms with Crippen molar-refractivity contribution in [1.82, 2.24) is 0 Å². The van der Waals surface area contributed by atoms with E-state index in [2.05, 4.69) is 5.32 Å². The normalized spacial score (nSPS) is 15.1. The number of ether oxygens (including phenoxy) is 1. The van der Waals surface area contributed by atoms with Gasteiger partial charge in [0, 0.05) is 19.8 Å². The molecule has 1 heterocycles. The first-order valence-corrected chi connectivity index (χ1v) is 9.07. The molecule has 2 aromatic rings. The zero-order valence-corrected chi connectivity index (χ0v) is 14.8. The number of hydrogen-bond donors (Lipinski definition) is 1. The molecule has 0 aromatic heterocycles. The van der Waals surface area contributed by atoms with E-state index in [0.29, 0.717) is 23.7 Å². The second kappa shape index (κ2) is 6.73. The fourth-order valence-electron chi connectivity index (χ4n) is 2.58. The summed E-state index contributed by atoms with van der Waals surface area (Å²) in [6, 6.07) is 14.5. The molecule has 0 radical (unpaired) electrons. The number of hydrogen-bond acceptors (Lipinski definition) is 4. The number of rotatable bonds is 5. The fourth-order valence-corrected chi connectivity index (χ4v) is 3.75. The Hall–Kier alpha value is -2.58. The Morgan fingerprint density at radius 3 is 2.44 bits per heavy atom. The van der Waals surface area contributed by atoms with Gasteiger partial charge in [-0.2, -0.15) is 8.42 Å². The predicted molar refractivity (Wildman–Crippen MR) is 96.9 cm³/mol. The first kappa shape index (κ1) is 17.2. The quantitative estimate of drug-likeness (QED) is 0.883. The van der Waals surface area contributed by atoms with Crippen LogP contribution >= 0.6 is 0 Å². The van der Waals surface area contributed by atoms with Crippen molar-refractivity contribution in [3.05, 3.63) is 54.1 Å². The molecule has 1 aliphatic rings. The van der Waals surface area contributed by atoms with Crippen LogP contribution in [0.2, 0.25) is 0 Å². The molecule has 0 atom stereocenters. The largest absolute Gasteiger partial charge is 0.367 e. The average molecular weight is 361 g/mol. The van der Waals surface area contributed by atoms with Crippen LogP contribution in [0.1, 0.15) is 5.56 Å². The molecule has 0 saturated carbocycles. The summed E-state index contributed by atoms with van der Waals surface area (Å²) in [5.74, 6) is -0.298. The lowest BCUT2D eigenvalue weighted by molar-refractivity contribution is -0.121. The van der Waals surface area contributed by atoms with Crippen molar-refractivity contribution in [2.75, 3.05) is 34.6 Å². The van der Waals surface area contributed by atoms with E-state index in [1.54, 1.807) is 18.2 Å². The summed E-state index contributed by atoms with van der Waals surface area (Å²) >= 11 is 0. The summed E-state index contributed by atoms with van der Waals surface area (Å²) in [7, 11) is -0.552. The van der Waals surface area contributed by atoms with Crippen molar-refractivity contribution in [1.29, 1.82) is 0 Å². The van der Waals surface area contributed by atoms with Gasteiger partial charge in [-0.25, -0.2) is 0 Å². The van der Waals surface area contributed by atoms with Crippen molar-refractivity contribution in [3.63, 3.8) is 0 Å². The summed E-state index contributed by atoms with van der Waals surface area (Å²) in [6.07, 6.45) is 0. The molecule has 0 fully saturated rings. The summed E-state index contributed by atoms with van der Waals surface area (Å²) in [5, 5.41) is 2.72. The molecule has 0 bridgehead atoms. The number of carbonyl (C=O) groups is 1. The Morgan fingerprint density at radius 1 is 1.04 bits per heavy atom. The lowest BCUT2D eigenvalue weighted by Crippen LogP contribution is -2.32. The van der Waals surface area contributed by atoms with Crippen LogP contribution in [0.3, 0.4) is 0 Å². The van der Waals surface area contributed by atoms with E-state index in [9.17, 15) is 13.2 Å². The highest BCUT2D eigenvalue weighted by atomic mass is 32.2. The molecule has 132 valence electrons. The molecular weight excluding hydrogens is 342 g/mol. The molecule has 0 spiro atoms. The van der Waals surface area contributed by atoms with Gasteiger partial charge in [-0.05, 0) is 23.8 Å². The van der Waals surface area contributed by atoms with Crippen LogP contribution in [-0.2, 0) is 26.3 Å². The first-order chi connectivity index (χ1) is 11.9. The minimum atomic E-state index is -3.52. The summed E-state index contributed by atoms with van der Waals surface area (Å²) in [5.41, 5.74) is 2.60. The van der Waals surface area contributed by atoms with Crippen molar-refractivity contribution < 1.29 is 17.9 Å². The van der Waals surface area contributed by atoms with Gasteiger partial charge < -0.3 is 10.1 Å². The maximum absolute atomic E-state index is 12.1. The van der Waals surface area contributed by atoms with Gasteiger partial charge in [-0.15, -0.1) is 0 Å². The number of nitrogens with zero attached hydrogens (tertiary/aromatic N) is 2. The minimum Gasteiger partial charge on any atom is -0.367 e. The molecule has 1 N–H and O–H groups in total.